The first-order chi connectivity index (χ1) is 11.6. The first-order valence-electron chi connectivity index (χ1n) is 7.42. The molecule has 0 spiro atoms. The summed E-state index contributed by atoms with van der Waals surface area (Å²) in [5.74, 6) is -1.52. The molecule has 122 valence electrons. The number of carbonyl (C=O) groups excluding carboxylic acids is 1. The Labute approximate surface area is 137 Å². The maximum Gasteiger partial charge on any atom is 0.254 e. The second-order valence-electron chi connectivity index (χ2n) is 5.30. The molecule has 0 saturated heterocycles. The van der Waals surface area contributed by atoms with Crippen molar-refractivity contribution in [1.82, 2.24) is 15.3 Å². The third kappa shape index (κ3) is 3.65. The number of hydrogen-bond acceptors (Lipinski definition) is 2. The summed E-state index contributed by atoms with van der Waals surface area (Å²) in [5.41, 5.74) is 0.668. The van der Waals surface area contributed by atoms with Crippen LogP contribution >= 0.6 is 0 Å². The monoisotopic (exact) mass is 327 g/mol. The van der Waals surface area contributed by atoms with Crippen LogP contribution in [0.1, 0.15) is 27.8 Å². The van der Waals surface area contributed by atoms with Crippen molar-refractivity contribution in [3.8, 4) is 0 Å². The highest BCUT2D eigenvalue weighted by Crippen LogP contribution is 2.18. The maximum atomic E-state index is 13.8. The largest absolute Gasteiger partial charge is 0.349 e. The summed E-state index contributed by atoms with van der Waals surface area (Å²) in [7, 11) is 0. The average Bonchev–Trinajstić information content (AvgIpc) is 3.08. The summed E-state index contributed by atoms with van der Waals surface area (Å²) in [5, 5.41) is 2.79. The molecule has 0 aliphatic carbocycles. The normalized spacial score (nSPS) is 11.9. The van der Waals surface area contributed by atoms with E-state index in [0.29, 0.717) is 18.3 Å². The Balaban J connectivity index is 1.84. The Morgan fingerprint density at radius 3 is 2.62 bits per heavy atom. The fraction of sp³-hybridized carbons (Fsp3) is 0.111. The molecule has 2 aromatic carbocycles. The molecule has 3 aromatic rings. The predicted molar refractivity (Wildman–Crippen MR) is 85.3 cm³/mol. The number of hydrogen-bond donors (Lipinski definition) is 2. The van der Waals surface area contributed by atoms with Crippen LogP contribution in [0.15, 0.2) is 60.9 Å². The molecule has 1 heterocycles. The van der Waals surface area contributed by atoms with E-state index < -0.39 is 23.6 Å². The third-order valence-corrected chi connectivity index (χ3v) is 3.64. The van der Waals surface area contributed by atoms with Gasteiger partial charge in [-0.2, -0.15) is 0 Å². The lowest BCUT2D eigenvalue weighted by Gasteiger charge is -2.18. The highest BCUT2D eigenvalue weighted by molar-refractivity contribution is 5.94. The highest BCUT2D eigenvalue weighted by atomic mass is 19.1. The van der Waals surface area contributed by atoms with Crippen molar-refractivity contribution >= 4 is 5.91 Å². The summed E-state index contributed by atoms with van der Waals surface area (Å²) in [4.78, 5) is 19.5. The van der Waals surface area contributed by atoms with Gasteiger partial charge in [-0.3, -0.25) is 4.79 Å². The van der Waals surface area contributed by atoms with Crippen molar-refractivity contribution in [2.75, 3.05) is 0 Å². The van der Waals surface area contributed by atoms with Crippen molar-refractivity contribution in [3.63, 3.8) is 0 Å². The van der Waals surface area contributed by atoms with E-state index in [1.54, 1.807) is 12.4 Å². The van der Waals surface area contributed by atoms with Crippen molar-refractivity contribution in [2.24, 2.45) is 0 Å². The van der Waals surface area contributed by atoms with Gasteiger partial charge in [-0.15, -0.1) is 0 Å². The second-order valence-corrected chi connectivity index (χ2v) is 5.30. The molecule has 6 heteroatoms. The second kappa shape index (κ2) is 7.04. The van der Waals surface area contributed by atoms with E-state index in [4.69, 9.17) is 0 Å². The first kappa shape index (κ1) is 15.9. The molecule has 2 N–H and O–H groups in total. The summed E-state index contributed by atoms with van der Waals surface area (Å²) in [6, 6.07) is 11.8. The van der Waals surface area contributed by atoms with Gasteiger partial charge >= 0.3 is 0 Å². The van der Waals surface area contributed by atoms with Crippen molar-refractivity contribution in [2.45, 2.75) is 12.5 Å². The van der Waals surface area contributed by atoms with Gasteiger partial charge in [0.25, 0.3) is 5.91 Å². The number of aromatic nitrogens is 2. The number of halogens is 2. The zero-order valence-electron chi connectivity index (χ0n) is 12.7. The molecule has 1 unspecified atom stereocenters. The lowest BCUT2D eigenvalue weighted by Crippen LogP contribution is -2.31. The quantitative estimate of drug-likeness (QED) is 0.754. The molecule has 0 saturated carbocycles. The van der Waals surface area contributed by atoms with Gasteiger partial charge in [-0.25, -0.2) is 13.8 Å². The number of benzene rings is 2. The molecule has 24 heavy (non-hydrogen) atoms. The van der Waals surface area contributed by atoms with Crippen LogP contribution in [0.25, 0.3) is 0 Å². The van der Waals surface area contributed by atoms with Crippen molar-refractivity contribution in [1.29, 1.82) is 0 Å². The minimum Gasteiger partial charge on any atom is -0.349 e. The smallest absolute Gasteiger partial charge is 0.254 e. The standard InChI is InChI=1S/C18H15F2N3O/c19-13-6-7-14(15(20)10-13)18(24)23-16(11-17-21-8-9-22-17)12-4-2-1-3-5-12/h1-10,16H,11H2,(H,21,22)(H,23,24). The molecular weight excluding hydrogens is 312 g/mol. The zero-order valence-corrected chi connectivity index (χ0v) is 12.7. The summed E-state index contributed by atoms with van der Waals surface area (Å²) in [6.45, 7) is 0. The minimum atomic E-state index is -0.891. The van der Waals surface area contributed by atoms with E-state index >= 15 is 0 Å². The van der Waals surface area contributed by atoms with Crippen LogP contribution in [0.2, 0.25) is 0 Å². The van der Waals surface area contributed by atoms with E-state index in [1.807, 2.05) is 30.3 Å². The molecule has 0 bridgehead atoms. The number of nitrogens with one attached hydrogen (secondary N) is 2. The molecule has 4 nitrogen and oxygen atoms in total. The average molecular weight is 327 g/mol. The molecule has 1 atom stereocenters. The summed E-state index contributed by atoms with van der Waals surface area (Å²) >= 11 is 0. The zero-order chi connectivity index (χ0) is 16.9. The van der Waals surface area contributed by atoms with Crippen molar-refractivity contribution in [3.05, 3.63) is 89.5 Å². The third-order valence-electron chi connectivity index (χ3n) is 3.64. The fourth-order valence-corrected chi connectivity index (χ4v) is 2.45. The number of imidazole rings is 1. The molecule has 0 radical (unpaired) electrons. The number of H-pyrrole nitrogens is 1. The number of carbonyl (C=O) groups is 1. The van der Waals surface area contributed by atoms with E-state index in [9.17, 15) is 13.6 Å². The number of aromatic amines is 1. The number of amides is 1. The Kier molecular flexibility index (Phi) is 4.65. The van der Waals surface area contributed by atoms with E-state index in [1.165, 1.54) is 0 Å². The molecule has 1 amide bonds. The number of rotatable bonds is 5. The van der Waals surface area contributed by atoms with Gasteiger partial charge in [0.15, 0.2) is 0 Å². The van der Waals surface area contributed by atoms with E-state index in [2.05, 4.69) is 15.3 Å². The lowest BCUT2D eigenvalue weighted by molar-refractivity contribution is 0.0932. The first-order valence-corrected chi connectivity index (χ1v) is 7.42. The molecule has 1 aromatic heterocycles. The maximum absolute atomic E-state index is 13.8. The molecule has 3 rings (SSSR count). The van der Waals surface area contributed by atoms with Crippen LogP contribution in [0.4, 0.5) is 8.78 Å². The Morgan fingerprint density at radius 1 is 1.17 bits per heavy atom. The molecule has 0 aliphatic heterocycles. The predicted octanol–water partition coefficient (Wildman–Crippen LogP) is 3.40. The Morgan fingerprint density at radius 2 is 1.96 bits per heavy atom. The van der Waals surface area contributed by atoms with Gasteiger partial charge in [-0.05, 0) is 17.7 Å². The molecule has 0 aliphatic rings. The molecule has 0 fully saturated rings. The van der Waals surface area contributed by atoms with Gasteiger partial charge in [0.05, 0.1) is 11.6 Å². The van der Waals surface area contributed by atoms with Gasteiger partial charge in [0, 0.05) is 24.9 Å². The van der Waals surface area contributed by atoms with Crippen molar-refractivity contribution < 1.29 is 13.6 Å². The lowest BCUT2D eigenvalue weighted by atomic mass is 10.0. The highest BCUT2D eigenvalue weighted by Gasteiger charge is 2.19. The fourth-order valence-electron chi connectivity index (χ4n) is 2.45. The summed E-state index contributed by atoms with van der Waals surface area (Å²) < 4.78 is 26.8. The SMILES string of the molecule is O=C(NC(Cc1ncc[nH]1)c1ccccc1)c1ccc(F)cc1F. The number of nitrogens with zero attached hydrogens (tertiary/aromatic N) is 1. The van der Waals surface area contributed by atoms with Crippen LogP contribution in [-0.4, -0.2) is 15.9 Å². The van der Waals surface area contributed by atoms with Crippen LogP contribution in [0.3, 0.4) is 0 Å². The van der Waals surface area contributed by atoms with Crippen LogP contribution in [0, 0.1) is 11.6 Å². The van der Waals surface area contributed by atoms with E-state index in [0.717, 1.165) is 17.7 Å². The minimum absolute atomic E-state index is 0.197. The Bertz CT molecular complexity index is 820. The molecular formula is C18H15F2N3O. The summed E-state index contributed by atoms with van der Waals surface area (Å²) in [6.07, 6.45) is 3.74. The van der Waals surface area contributed by atoms with Gasteiger partial charge in [0.1, 0.15) is 17.5 Å². The van der Waals surface area contributed by atoms with Crippen LogP contribution in [-0.2, 0) is 6.42 Å². The van der Waals surface area contributed by atoms with Gasteiger partial charge in [0.2, 0.25) is 0 Å². The van der Waals surface area contributed by atoms with Gasteiger partial charge < -0.3 is 10.3 Å². The Hall–Kier alpha value is -3.02. The van der Waals surface area contributed by atoms with Gasteiger partial charge in [-0.1, -0.05) is 30.3 Å². The van der Waals surface area contributed by atoms with Crippen LogP contribution < -0.4 is 5.32 Å². The van der Waals surface area contributed by atoms with Crippen LogP contribution in [0.5, 0.6) is 0 Å². The topological polar surface area (TPSA) is 57.8 Å². The van der Waals surface area contributed by atoms with E-state index in [-0.39, 0.29) is 5.56 Å².